The van der Waals surface area contributed by atoms with Crippen molar-refractivity contribution >= 4 is 5.91 Å². The summed E-state index contributed by atoms with van der Waals surface area (Å²) in [5.41, 5.74) is 6.05. The molecule has 0 aliphatic heterocycles. The molecule has 1 amide bonds. The van der Waals surface area contributed by atoms with Crippen LogP contribution < -0.4 is 10.5 Å². The molecule has 0 aliphatic carbocycles. The Morgan fingerprint density at radius 3 is 2.75 bits per heavy atom. The SMILES string of the molecule is COc1ccc(-n2ccc(C(N)=O)n2)cn1. The molecule has 6 nitrogen and oxygen atoms in total. The predicted molar refractivity (Wildman–Crippen MR) is 56.4 cm³/mol. The molecule has 0 saturated heterocycles. The van der Waals surface area contributed by atoms with Crippen molar-refractivity contribution in [3.8, 4) is 11.6 Å². The molecule has 0 aromatic carbocycles. The molecule has 0 saturated carbocycles. The fourth-order valence-corrected chi connectivity index (χ4v) is 1.23. The van der Waals surface area contributed by atoms with Crippen LogP contribution in [0.25, 0.3) is 5.69 Å². The molecule has 82 valence electrons. The molecular weight excluding hydrogens is 208 g/mol. The molecule has 2 aromatic rings. The Hall–Kier alpha value is -2.37. The van der Waals surface area contributed by atoms with Gasteiger partial charge < -0.3 is 10.5 Å². The summed E-state index contributed by atoms with van der Waals surface area (Å²) in [6.45, 7) is 0. The van der Waals surface area contributed by atoms with Crippen LogP contribution in [0.3, 0.4) is 0 Å². The first-order valence-electron chi connectivity index (χ1n) is 4.56. The first kappa shape index (κ1) is 10.2. The van der Waals surface area contributed by atoms with Crippen LogP contribution in [0, 0.1) is 0 Å². The zero-order chi connectivity index (χ0) is 11.5. The van der Waals surface area contributed by atoms with Crippen molar-refractivity contribution in [2.45, 2.75) is 0 Å². The summed E-state index contributed by atoms with van der Waals surface area (Å²) < 4.78 is 6.45. The average Bonchev–Trinajstić information content (AvgIpc) is 2.78. The molecule has 2 N–H and O–H groups in total. The molecule has 0 atom stereocenters. The van der Waals surface area contributed by atoms with Crippen molar-refractivity contribution in [2.75, 3.05) is 7.11 Å². The van der Waals surface area contributed by atoms with E-state index >= 15 is 0 Å². The van der Waals surface area contributed by atoms with Gasteiger partial charge in [-0.25, -0.2) is 9.67 Å². The second-order valence-electron chi connectivity index (χ2n) is 3.07. The van der Waals surface area contributed by atoms with Crippen LogP contribution in [0.4, 0.5) is 0 Å². The van der Waals surface area contributed by atoms with Gasteiger partial charge in [-0.1, -0.05) is 0 Å². The van der Waals surface area contributed by atoms with E-state index in [4.69, 9.17) is 10.5 Å². The molecule has 16 heavy (non-hydrogen) atoms. The summed E-state index contributed by atoms with van der Waals surface area (Å²) in [7, 11) is 1.54. The highest BCUT2D eigenvalue weighted by Crippen LogP contribution is 2.10. The number of carbonyl (C=O) groups is 1. The highest BCUT2D eigenvalue weighted by molar-refractivity contribution is 5.90. The number of nitrogens with zero attached hydrogens (tertiary/aromatic N) is 3. The largest absolute Gasteiger partial charge is 0.481 e. The van der Waals surface area contributed by atoms with Gasteiger partial charge >= 0.3 is 0 Å². The van der Waals surface area contributed by atoms with Gasteiger partial charge in [0.1, 0.15) is 5.69 Å². The summed E-state index contributed by atoms with van der Waals surface area (Å²) >= 11 is 0. The first-order chi connectivity index (χ1) is 7.70. The molecule has 0 bridgehead atoms. The normalized spacial score (nSPS) is 10.1. The second-order valence-corrected chi connectivity index (χ2v) is 3.07. The van der Waals surface area contributed by atoms with Gasteiger partial charge in [0.2, 0.25) is 5.88 Å². The molecule has 6 heteroatoms. The molecule has 2 heterocycles. The van der Waals surface area contributed by atoms with Gasteiger partial charge in [-0.2, -0.15) is 5.10 Å². The fraction of sp³-hybridized carbons (Fsp3) is 0.100. The predicted octanol–water partition coefficient (Wildman–Crippen LogP) is 0.375. The lowest BCUT2D eigenvalue weighted by atomic mass is 10.4. The Balaban J connectivity index is 2.31. The Labute approximate surface area is 91.7 Å². The number of amides is 1. The Morgan fingerprint density at radius 2 is 2.25 bits per heavy atom. The Morgan fingerprint density at radius 1 is 1.44 bits per heavy atom. The van der Waals surface area contributed by atoms with Crippen LogP contribution in [0.2, 0.25) is 0 Å². The highest BCUT2D eigenvalue weighted by Gasteiger charge is 2.05. The van der Waals surface area contributed by atoms with Crippen molar-refractivity contribution in [1.82, 2.24) is 14.8 Å². The number of carbonyl (C=O) groups excluding carboxylic acids is 1. The van der Waals surface area contributed by atoms with Gasteiger partial charge in [0.15, 0.2) is 0 Å². The maximum absolute atomic E-state index is 10.9. The van der Waals surface area contributed by atoms with Crippen molar-refractivity contribution in [1.29, 1.82) is 0 Å². The van der Waals surface area contributed by atoms with E-state index in [2.05, 4.69) is 10.1 Å². The summed E-state index contributed by atoms with van der Waals surface area (Å²) in [5.74, 6) is -0.0359. The number of primary amides is 1. The van der Waals surface area contributed by atoms with E-state index in [1.54, 1.807) is 37.7 Å². The van der Waals surface area contributed by atoms with Crippen molar-refractivity contribution in [3.05, 3.63) is 36.3 Å². The van der Waals surface area contributed by atoms with Gasteiger partial charge in [-0.05, 0) is 12.1 Å². The third kappa shape index (κ3) is 1.85. The zero-order valence-corrected chi connectivity index (χ0v) is 8.62. The number of hydrogen-bond donors (Lipinski definition) is 1. The molecule has 0 fully saturated rings. The van der Waals surface area contributed by atoms with Crippen LogP contribution in [-0.2, 0) is 0 Å². The van der Waals surface area contributed by atoms with E-state index in [1.807, 2.05) is 0 Å². The number of ether oxygens (including phenoxy) is 1. The number of aromatic nitrogens is 3. The molecule has 2 aromatic heterocycles. The fourth-order valence-electron chi connectivity index (χ4n) is 1.23. The van der Waals surface area contributed by atoms with E-state index < -0.39 is 5.91 Å². The Bertz CT molecular complexity index is 504. The van der Waals surface area contributed by atoms with Crippen LogP contribution in [0.1, 0.15) is 10.5 Å². The highest BCUT2D eigenvalue weighted by atomic mass is 16.5. The third-order valence-corrected chi connectivity index (χ3v) is 2.04. The molecule has 0 unspecified atom stereocenters. The first-order valence-corrected chi connectivity index (χ1v) is 4.56. The molecule has 0 aliphatic rings. The lowest BCUT2D eigenvalue weighted by Crippen LogP contribution is -2.12. The molecule has 0 radical (unpaired) electrons. The quantitative estimate of drug-likeness (QED) is 0.807. The zero-order valence-electron chi connectivity index (χ0n) is 8.62. The van der Waals surface area contributed by atoms with Gasteiger partial charge in [0.05, 0.1) is 19.0 Å². The number of pyridine rings is 1. The number of nitrogens with two attached hydrogens (primary N) is 1. The topological polar surface area (TPSA) is 83.0 Å². The van der Waals surface area contributed by atoms with Crippen LogP contribution in [0.5, 0.6) is 5.88 Å². The van der Waals surface area contributed by atoms with E-state index in [-0.39, 0.29) is 5.69 Å². The van der Waals surface area contributed by atoms with Crippen LogP contribution in [-0.4, -0.2) is 27.8 Å². The summed E-state index contributed by atoms with van der Waals surface area (Å²) in [6.07, 6.45) is 3.24. The maximum Gasteiger partial charge on any atom is 0.269 e. The summed E-state index contributed by atoms with van der Waals surface area (Å²) in [6, 6.07) is 5.04. The molecule has 0 spiro atoms. The second kappa shape index (κ2) is 4.01. The van der Waals surface area contributed by atoms with Crippen molar-refractivity contribution < 1.29 is 9.53 Å². The smallest absolute Gasteiger partial charge is 0.269 e. The molecule has 2 rings (SSSR count). The van der Waals surface area contributed by atoms with Gasteiger partial charge in [0, 0.05) is 12.3 Å². The summed E-state index contributed by atoms with van der Waals surface area (Å²) in [5, 5.41) is 4.00. The maximum atomic E-state index is 10.9. The molecular formula is C10H10N4O2. The van der Waals surface area contributed by atoms with E-state index in [0.29, 0.717) is 5.88 Å². The van der Waals surface area contributed by atoms with Crippen molar-refractivity contribution in [2.24, 2.45) is 5.73 Å². The lowest BCUT2D eigenvalue weighted by Gasteiger charge is -2.01. The minimum atomic E-state index is -0.555. The van der Waals surface area contributed by atoms with E-state index in [1.165, 1.54) is 4.68 Å². The van der Waals surface area contributed by atoms with Gasteiger partial charge in [-0.15, -0.1) is 0 Å². The van der Waals surface area contributed by atoms with Gasteiger partial charge in [-0.3, -0.25) is 4.79 Å². The van der Waals surface area contributed by atoms with Crippen LogP contribution >= 0.6 is 0 Å². The van der Waals surface area contributed by atoms with E-state index in [0.717, 1.165) is 5.69 Å². The minimum Gasteiger partial charge on any atom is -0.481 e. The number of hydrogen-bond acceptors (Lipinski definition) is 4. The van der Waals surface area contributed by atoms with Crippen LogP contribution in [0.15, 0.2) is 30.6 Å². The Kier molecular flexibility index (Phi) is 2.55. The minimum absolute atomic E-state index is 0.218. The number of methoxy groups -OCH3 is 1. The lowest BCUT2D eigenvalue weighted by molar-refractivity contribution is 0.0995. The van der Waals surface area contributed by atoms with Gasteiger partial charge in [0.25, 0.3) is 5.91 Å². The standard InChI is InChI=1S/C10H10N4O2/c1-16-9-3-2-7(6-12-9)14-5-4-8(13-14)10(11)15/h2-6H,1H3,(H2,11,15). The monoisotopic (exact) mass is 218 g/mol. The third-order valence-electron chi connectivity index (χ3n) is 2.04. The average molecular weight is 218 g/mol. The summed E-state index contributed by atoms with van der Waals surface area (Å²) in [4.78, 5) is 14.9. The van der Waals surface area contributed by atoms with Crippen molar-refractivity contribution in [3.63, 3.8) is 0 Å². The van der Waals surface area contributed by atoms with E-state index in [9.17, 15) is 4.79 Å². The number of rotatable bonds is 3.